The van der Waals surface area contributed by atoms with E-state index in [1.54, 1.807) is 0 Å². The Kier molecular flexibility index (Phi) is 5.57. The number of imide groups is 1. The number of urea groups is 1. The van der Waals surface area contributed by atoms with Crippen molar-refractivity contribution >= 4 is 34.6 Å². The fourth-order valence-corrected chi connectivity index (χ4v) is 2.39. The molecule has 0 unspecified atom stereocenters. The SMILES string of the molecule is CCCNC(=O)NC(=O)CSc1ccc2ccccc2n1. The Morgan fingerprint density at radius 1 is 1.19 bits per heavy atom. The predicted octanol–water partition coefficient (Wildman–Crippen LogP) is 2.56. The molecule has 0 radical (unpaired) electrons. The third kappa shape index (κ3) is 4.75. The zero-order chi connectivity index (χ0) is 15.1. The highest BCUT2D eigenvalue weighted by Crippen LogP contribution is 2.19. The first-order valence-corrected chi connectivity index (χ1v) is 7.74. The van der Waals surface area contributed by atoms with Gasteiger partial charge in [-0.3, -0.25) is 10.1 Å². The van der Waals surface area contributed by atoms with Gasteiger partial charge in [0.1, 0.15) is 0 Å². The first kappa shape index (κ1) is 15.3. The quantitative estimate of drug-likeness (QED) is 0.833. The second kappa shape index (κ2) is 7.64. The highest BCUT2D eigenvalue weighted by atomic mass is 32.2. The molecular weight excluding hydrogens is 286 g/mol. The second-order valence-electron chi connectivity index (χ2n) is 4.43. The molecule has 2 rings (SSSR count). The zero-order valence-corrected chi connectivity index (χ0v) is 12.6. The lowest BCUT2D eigenvalue weighted by Crippen LogP contribution is -2.40. The standard InChI is InChI=1S/C15H17N3O2S/c1-2-9-16-15(20)18-13(19)10-21-14-8-7-11-5-3-4-6-12(11)17-14/h3-8H,2,9-10H2,1H3,(H2,16,18,19,20). The van der Waals surface area contributed by atoms with Crippen LogP contribution in [0.4, 0.5) is 4.79 Å². The molecule has 5 nitrogen and oxygen atoms in total. The van der Waals surface area contributed by atoms with Crippen LogP contribution in [0.3, 0.4) is 0 Å². The van der Waals surface area contributed by atoms with Crippen LogP contribution in [0.15, 0.2) is 41.4 Å². The molecule has 110 valence electrons. The summed E-state index contributed by atoms with van der Waals surface area (Å²) in [5.41, 5.74) is 0.892. The molecule has 6 heteroatoms. The predicted molar refractivity (Wildman–Crippen MR) is 84.3 cm³/mol. The van der Waals surface area contributed by atoms with E-state index in [0.717, 1.165) is 22.3 Å². The van der Waals surface area contributed by atoms with Crippen LogP contribution in [0.5, 0.6) is 0 Å². The summed E-state index contributed by atoms with van der Waals surface area (Å²) in [5, 5.41) is 6.70. The van der Waals surface area contributed by atoms with Crippen molar-refractivity contribution in [1.29, 1.82) is 0 Å². The van der Waals surface area contributed by atoms with Crippen molar-refractivity contribution in [2.45, 2.75) is 18.4 Å². The van der Waals surface area contributed by atoms with Crippen LogP contribution >= 0.6 is 11.8 Å². The van der Waals surface area contributed by atoms with Gasteiger partial charge in [-0.2, -0.15) is 0 Å². The van der Waals surface area contributed by atoms with Crippen LogP contribution in [0.1, 0.15) is 13.3 Å². The molecule has 0 fully saturated rings. The van der Waals surface area contributed by atoms with Gasteiger partial charge in [0.15, 0.2) is 0 Å². The number of thioether (sulfide) groups is 1. The van der Waals surface area contributed by atoms with Crippen LogP contribution < -0.4 is 10.6 Å². The largest absolute Gasteiger partial charge is 0.338 e. The van der Waals surface area contributed by atoms with Gasteiger partial charge in [-0.05, 0) is 18.6 Å². The number of amides is 3. The molecule has 3 amide bonds. The summed E-state index contributed by atoms with van der Waals surface area (Å²) < 4.78 is 0. The number of fused-ring (bicyclic) bond motifs is 1. The number of pyridine rings is 1. The van der Waals surface area contributed by atoms with Crippen LogP contribution in [-0.2, 0) is 4.79 Å². The first-order chi connectivity index (χ1) is 10.2. The minimum Gasteiger partial charge on any atom is -0.338 e. The number of para-hydroxylation sites is 1. The summed E-state index contributed by atoms with van der Waals surface area (Å²) >= 11 is 1.31. The molecular formula is C15H17N3O2S. The molecule has 0 atom stereocenters. The molecule has 0 aliphatic rings. The number of hydrogen-bond donors (Lipinski definition) is 2. The lowest BCUT2D eigenvalue weighted by atomic mass is 10.2. The maximum atomic E-state index is 11.6. The summed E-state index contributed by atoms with van der Waals surface area (Å²) in [4.78, 5) is 27.4. The van der Waals surface area contributed by atoms with Gasteiger partial charge in [-0.1, -0.05) is 43.0 Å². The maximum Gasteiger partial charge on any atom is 0.321 e. The van der Waals surface area contributed by atoms with E-state index in [4.69, 9.17) is 0 Å². The number of nitrogens with zero attached hydrogens (tertiary/aromatic N) is 1. The summed E-state index contributed by atoms with van der Waals surface area (Å²) in [6, 6.07) is 11.2. The fraction of sp³-hybridized carbons (Fsp3) is 0.267. The summed E-state index contributed by atoms with van der Waals surface area (Å²) in [5.74, 6) is -0.172. The Morgan fingerprint density at radius 3 is 2.81 bits per heavy atom. The Bertz CT molecular complexity index is 646. The zero-order valence-electron chi connectivity index (χ0n) is 11.8. The number of nitrogens with one attached hydrogen (secondary N) is 2. The van der Waals surface area contributed by atoms with Crippen LogP contribution in [0.25, 0.3) is 10.9 Å². The van der Waals surface area contributed by atoms with Crippen LogP contribution in [0, 0.1) is 0 Å². The minimum atomic E-state index is -0.450. The van der Waals surface area contributed by atoms with Crippen molar-refractivity contribution in [3.63, 3.8) is 0 Å². The number of rotatable bonds is 5. The summed E-state index contributed by atoms with van der Waals surface area (Å²) in [6.45, 7) is 2.50. The van der Waals surface area contributed by atoms with Gasteiger partial charge < -0.3 is 5.32 Å². The van der Waals surface area contributed by atoms with Crippen molar-refractivity contribution in [3.05, 3.63) is 36.4 Å². The Balaban J connectivity index is 1.86. The van der Waals surface area contributed by atoms with Gasteiger partial charge in [-0.25, -0.2) is 9.78 Å². The molecule has 0 aliphatic heterocycles. The highest BCUT2D eigenvalue weighted by molar-refractivity contribution is 7.99. The Morgan fingerprint density at radius 2 is 2.00 bits per heavy atom. The molecule has 0 saturated carbocycles. The van der Waals surface area contributed by atoms with E-state index in [-0.39, 0.29) is 11.7 Å². The summed E-state index contributed by atoms with van der Waals surface area (Å²) in [6.07, 6.45) is 0.831. The third-order valence-electron chi connectivity index (χ3n) is 2.71. The van der Waals surface area contributed by atoms with Crippen molar-refractivity contribution in [2.75, 3.05) is 12.3 Å². The minimum absolute atomic E-state index is 0.158. The van der Waals surface area contributed by atoms with E-state index >= 15 is 0 Å². The number of hydrogen-bond acceptors (Lipinski definition) is 4. The van der Waals surface area contributed by atoms with Crippen LogP contribution in [0.2, 0.25) is 0 Å². The molecule has 1 heterocycles. The van der Waals surface area contributed by atoms with Gasteiger partial charge in [0, 0.05) is 11.9 Å². The lowest BCUT2D eigenvalue weighted by molar-refractivity contribution is -0.117. The topological polar surface area (TPSA) is 71.1 Å². The van der Waals surface area contributed by atoms with E-state index in [1.165, 1.54) is 11.8 Å². The lowest BCUT2D eigenvalue weighted by Gasteiger charge is -2.05. The van der Waals surface area contributed by atoms with E-state index in [2.05, 4.69) is 15.6 Å². The number of carbonyl (C=O) groups excluding carboxylic acids is 2. The van der Waals surface area contributed by atoms with Crippen molar-refractivity contribution in [3.8, 4) is 0 Å². The van der Waals surface area contributed by atoms with E-state index < -0.39 is 6.03 Å². The number of aromatic nitrogens is 1. The molecule has 0 spiro atoms. The third-order valence-corrected chi connectivity index (χ3v) is 3.64. The maximum absolute atomic E-state index is 11.6. The Hall–Kier alpha value is -2.08. The van der Waals surface area contributed by atoms with Gasteiger partial charge in [-0.15, -0.1) is 0 Å². The average molecular weight is 303 g/mol. The first-order valence-electron chi connectivity index (χ1n) is 6.75. The molecule has 2 aromatic rings. The van der Waals surface area contributed by atoms with E-state index in [0.29, 0.717) is 6.54 Å². The molecule has 1 aromatic heterocycles. The van der Waals surface area contributed by atoms with Crippen LogP contribution in [-0.4, -0.2) is 29.2 Å². The summed E-state index contributed by atoms with van der Waals surface area (Å²) in [7, 11) is 0. The van der Waals surface area contributed by atoms with Crippen molar-refractivity contribution < 1.29 is 9.59 Å². The molecule has 21 heavy (non-hydrogen) atoms. The van der Waals surface area contributed by atoms with Gasteiger partial charge in [0.05, 0.1) is 16.3 Å². The smallest absolute Gasteiger partial charge is 0.321 e. The van der Waals surface area contributed by atoms with Crippen molar-refractivity contribution in [2.24, 2.45) is 0 Å². The Labute approximate surface area is 127 Å². The van der Waals surface area contributed by atoms with E-state index in [1.807, 2.05) is 43.3 Å². The average Bonchev–Trinajstić information content (AvgIpc) is 2.50. The van der Waals surface area contributed by atoms with Crippen molar-refractivity contribution in [1.82, 2.24) is 15.6 Å². The second-order valence-corrected chi connectivity index (χ2v) is 5.43. The molecule has 0 aliphatic carbocycles. The normalized spacial score (nSPS) is 10.3. The van der Waals surface area contributed by atoms with Gasteiger partial charge in [0.2, 0.25) is 5.91 Å². The highest BCUT2D eigenvalue weighted by Gasteiger charge is 2.08. The molecule has 0 saturated heterocycles. The monoisotopic (exact) mass is 303 g/mol. The van der Waals surface area contributed by atoms with Gasteiger partial charge in [0.25, 0.3) is 0 Å². The fourth-order valence-electron chi connectivity index (χ4n) is 1.71. The molecule has 1 aromatic carbocycles. The van der Waals surface area contributed by atoms with Gasteiger partial charge >= 0.3 is 6.03 Å². The van der Waals surface area contributed by atoms with E-state index in [9.17, 15) is 9.59 Å². The molecule has 2 N–H and O–H groups in total. The number of benzene rings is 1. The number of carbonyl (C=O) groups is 2. The molecule has 0 bridgehead atoms.